The Balaban J connectivity index is 0. The summed E-state index contributed by atoms with van der Waals surface area (Å²) in [5.74, 6) is 1.10. The third-order valence-electron chi connectivity index (χ3n) is 4.28. The van der Waals surface area contributed by atoms with Gasteiger partial charge in [-0.05, 0) is 56.8 Å². The lowest BCUT2D eigenvalue weighted by molar-refractivity contribution is 0.0535. The van der Waals surface area contributed by atoms with E-state index in [-0.39, 0.29) is 0 Å². The molecular weight excluding hydrogens is 228 g/mol. The highest BCUT2D eigenvalue weighted by atomic mass is 14.4. The molecule has 116 valence electrons. The van der Waals surface area contributed by atoms with Crippen LogP contribution in [0, 0.1) is 11.3 Å². The molecule has 0 unspecified atom stereocenters. The molecule has 0 radical (unpaired) electrons. The van der Waals surface area contributed by atoms with Crippen LogP contribution in [0.25, 0.3) is 0 Å². The van der Waals surface area contributed by atoms with Gasteiger partial charge in [-0.25, -0.2) is 0 Å². The Labute approximate surface area is 124 Å². The first-order chi connectivity index (χ1) is 9.26. The number of hydrogen-bond acceptors (Lipinski definition) is 0. The van der Waals surface area contributed by atoms with Crippen LogP contribution in [-0.2, 0) is 0 Å². The lowest BCUT2D eigenvalue weighted by Crippen LogP contribution is -2.33. The van der Waals surface area contributed by atoms with Crippen LogP contribution in [0.15, 0.2) is 12.7 Å². The Morgan fingerprint density at radius 2 is 1.42 bits per heavy atom. The van der Waals surface area contributed by atoms with Crippen molar-refractivity contribution in [3.8, 4) is 0 Å². The Kier molecular flexibility index (Phi) is 15.7. The third-order valence-corrected chi connectivity index (χ3v) is 4.28. The molecule has 0 heteroatoms. The zero-order valence-electron chi connectivity index (χ0n) is 14.7. The molecule has 0 saturated heterocycles. The predicted octanol–water partition coefficient (Wildman–Crippen LogP) is 7.39. The summed E-state index contributed by atoms with van der Waals surface area (Å²) in [5, 5.41) is 0. The molecule has 2 aliphatic rings. The fourth-order valence-corrected chi connectivity index (χ4v) is 3.16. The van der Waals surface area contributed by atoms with E-state index in [1.165, 1.54) is 19.3 Å². The van der Waals surface area contributed by atoms with E-state index in [1.807, 2.05) is 34.6 Å². The Bertz CT molecular complexity index is 166. The number of allylic oxidation sites excluding steroid dienone is 1. The maximum absolute atomic E-state index is 3.36. The van der Waals surface area contributed by atoms with E-state index in [9.17, 15) is 0 Å². The molecule has 2 rings (SSSR count). The summed E-state index contributed by atoms with van der Waals surface area (Å²) in [6, 6.07) is 0. The highest BCUT2D eigenvalue weighted by Gasteiger charge is 2.39. The molecule has 0 aromatic rings. The van der Waals surface area contributed by atoms with Crippen LogP contribution in [0.5, 0.6) is 0 Å². The average molecular weight is 269 g/mol. The number of hydrogen-bond donors (Lipinski definition) is 0. The van der Waals surface area contributed by atoms with Crippen molar-refractivity contribution >= 4 is 0 Å². The summed E-state index contributed by atoms with van der Waals surface area (Å²) in [6.45, 7) is 15.6. The summed E-state index contributed by atoms with van der Waals surface area (Å²) < 4.78 is 0. The minimum atomic E-state index is 0.879. The van der Waals surface area contributed by atoms with Gasteiger partial charge in [-0.1, -0.05) is 60.0 Å². The Morgan fingerprint density at radius 1 is 1.00 bits per heavy atom. The maximum Gasteiger partial charge on any atom is -0.0297 e. The lowest BCUT2D eigenvalue weighted by atomic mass is 9.59. The van der Waals surface area contributed by atoms with Gasteiger partial charge in [0.05, 0.1) is 0 Å². The Morgan fingerprint density at radius 3 is 1.68 bits per heavy atom. The Hall–Kier alpha value is -0.260. The fraction of sp³-hybridized carbons (Fsp3) is 0.895. The smallest absolute Gasteiger partial charge is 0.0297 e. The first-order valence-corrected chi connectivity index (χ1v) is 8.83. The van der Waals surface area contributed by atoms with Crippen molar-refractivity contribution in [2.45, 2.75) is 99.3 Å². The zero-order chi connectivity index (χ0) is 15.1. The molecule has 0 aromatic heterocycles. The van der Waals surface area contributed by atoms with Crippen LogP contribution in [0.2, 0.25) is 0 Å². The minimum absolute atomic E-state index is 0.879. The molecule has 0 bridgehead atoms. The van der Waals surface area contributed by atoms with Crippen LogP contribution >= 0.6 is 0 Å². The van der Waals surface area contributed by atoms with E-state index >= 15 is 0 Å². The summed E-state index contributed by atoms with van der Waals surface area (Å²) in [6.07, 6.45) is 15.5. The van der Waals surface area contributed by atoms with Crippen molar-refractivity contribution in [3.05, 3.63) is 12.7 Å². The topological polar surface area (TPSA) is 0 Å². The predicted molar refractivity (Wildman–Crippen MR) is 91.7 cm³/mol. The van der Waals surface area contributed by atoms with Gasteiger partial charge in [0.15, 0.2) is 0 Å². The summed E-state index contributed by atoms with van der Waals surface area (Å²) >= 11 is 0. The molecule has 0 heterocycles. The lowest BCUT2D eigenvalue weighted by Gasteiger charge is -2.47. The van der Waals surface area contributed by atoms with Gasteiger partial charge in [-0.2, -0.15) is 0 Å². The first-order valence-electron chi connectivity index (χ1n) is 8.83. The van der Waals surface area contributed by atoms with Gasteiger partial charge in [-0.3, -0.25) is 0 Å². The quantitative estimate of drug-likeness (QED) is 0.458. The van der Waals surface area contributed by atoms with E-state index in [2.05, 4.69) is 13.5 Å². The van der Waals surface area contributed by atoms with Gasteiger partial charge in [0.2, 0.25) is 0 Å². The molecule has 1 spiro atoms. The average Bonchev–Trinajstić information content (AvgIpc) is 2.44. The molecule has 0 aliphatic heterocycles. The van der Waals surface area contributed by atoms with Gasteiger partial charge >= 0.3 is 0 Å². The molecule has 2 aliphatic carbocycles. The second kappa shape index (κ2) is 14.2. The normalized spacial score (nSPS) is 19.5. The standard InChI is InChI=1S/C12H22.C3H6.2C2H6/c1-2-4-11-5-9-12(10-6-11)7-3-8-12;1-3-2;2*1-2/h11H,2-10H2,1H3;3H,1H2,2H3;2*1-2H3. The van der Waals surface area contributed by atoms with Crippen molar-refractivity contribution in [2.75, 3.05) is 0 Å². The molecular formula is C19H40. The van der Waals surface area contributed by atoms with E-state index in [0.717, 1.165) is 11.3 Å². The molecule has 0 N–H and O–H groups in total. The number of rotatable bonds is 2. The van der Waals surface area contributed by atoms with Crippen LogP contribution in [0.4, 0.5) is 0 Å². The zero-order valence-corrected chi connectivity index (χ0v) is 14.7. The van der Waals surface area contributed by atoms with Gasteiger partial charge in [-0.15, -0.1) is 6.58 Å². The summed E-state index contributed by atoms with van der Waals surface area (Å²) in [4.78, 5) is 0. The molecule has 0 amide bonds. The maximum atomic E-state index is 3.36. The molecule has 2 saturated carbocycles. The SMILES string of the molecule is C=CC.CC.CC.CCCC1CCC2(CCC2)CC1. The van der Waals surface area contributed by atoms with Crippen molar-refractivity contribution in [2.24, 2.45) is 11.3 Å². The monoisotopic (exact) mass is 268 g/mol. The van der Waals surface area contributed by atoms with Crippen LogP contribution in [-0.4, -0.2) is 0 Å². The summed E-state index contributed by atoms with van der Waals surface area (Å²) in [7, 11) is 0. The largest absolute Gasteiger partial charge is 0.103 e. The fourth-order valence-electron chi connectivity index (χ4n) is 3.16. The van der Waals surface area contributed by atoms with Crippen LogP contribution in [0.1, 0.15) is 99.3 Å². The highest BCUT2D eigenvalue weighted by molar-refractivity contribution is 4.91. The highest BCUT2D eigenvalue weighted by Crippen LogP contribution is 2.53. The van der Waals surface area contributed by atoms with Crippen molar-refractivity contribution in [1.29, 1.82) is 0 Å². The van der Waals surface area contributed by atoms with Gasteiger partial charge in [0.1, 0.15) is 0 Å². The van der Waals surface area contributed by atoms with E-state index in [4.69, 9.17) is 0 Å². The minimum Gasteiger partial charge on any atom is -0.103 e. The second-order valence-corrected chi connectivity index (χ2v) is 5.49. The van der Waals surface area contributed by atoms with Crippen LogP contribution in [0.3, 0.4) is 0 Å². The molecule has 0 atom stereocenters. The van der Waals surface area contributed by atoms with Gasteiger partial charge in [0, 0.05) is 0 Å². The molecule has 19 heavy (non-hydrogen) atoms. The molecule has 0 nitrogen and oxygen atoms in total. The summed E-state index contributed by atoms with van der Waals surface area (Å²) in [5.41, 5.74) is 0.879. The van der Waals surface area contributed by atoms with Gasteiger partial charge < -0.3 is 0 Å². The van der Waals surface area contributed by atoms with Crippen LogP contribution < -0.4 is 0 Å². The van der Waals surface area contributed by atoms with Gasteiger partial charge in [0.25, 0.3) is 0 Å². The molecule has 2 fully saturated rings. The van der Waals surface area contributed by atoms with Crippen molar-refractivity contribution in [1.82, 2.24) is 0 Å². The first kappa shape index (κ1) is 21.0. The molecule has 0 aromatic carbocycles. The van der Waals surface area contributed by atoms with E-state index < -0.39 is 0 Å². The third kappa shape index (κ3) is 8.50. The second-order valence-electron chi connectivity index (χ2n) is 5.49. The van der Waals surface area contributed by atoms with Crippen molar-refractivity contribution < 1.29 is 0 Å². The van der Waals surface area contributed by atoms with E-state index in [0.29, 0.717) is 0 Å². The van der Waals surface area contributed by atoms with Crippen molar-refractivity contribution in [3.63, 3.8) is 0 Å². The van der Waals surface area contributed by atoms with E-state index in [1.54, 1.807) is 44.6 Å².